The van der Waals surface area contributed by atoms with Crippen molar-refractivity contribution in [2.24, 2.45) is 0 Å². The second-order valence-corrected chi connectivity index (χ2v) is 18.8. The molecule has 0 spiro atoms. The van der Waals surface area contributed by atoms with E-state index < -0.39 is 51.3 Å². The highest BCUT2D eigenvalue weighted by Gasteiger charge is 2.52. The molecule has 2 aliphatic heterocycles. The number of rotatable bonds is 10. The largest absolute Gasteiger partial charge is 0.493 e. The van der Waals surface area contributed by atoms with Gasteiger partial charge in [-0.25, -0.2) is 9.59 Å². The highest BCUT2D eigenvalue weighted by molar-refractivity contribution is 6.68. The standard InChI is InChI=1S/C44H54Cl3N3O7/c1-27-15-16-28(2)38(29(27)3)55-22-21-30-17-19-31(20-18-30)34-23-33-24-49(40(53)56-42(4,5)6)25-35(50(33)41(54)57-43(7,8)44(45,46)47)37(34)39(52)48(9)26-36(51)32-13-11-10-12-14-32/h10-20,33,35-36,51H,21-26H2,1-9H3/t33?,35?,36-/m1/s1. The lowest BCUT2D eigenvalue weighted by Crippen LogP contribution is -2.66. The highest BCUT2D eigenvalue weighted by Crippen LogP contribution is 2.44. The molecular formula is C44H54Cl3N3O7. The number of carbonyl (C=O) groups is 3. The Morgan fingerprint density at radius 2 is 1.49 bits per heavy atom. The fourth-order valence-corrected chi connectivity index (χ4v) is 7.27. The maximum Gasteiger partial charge on any atom is 0.411 e. The highest BCUT2D eigenvalue weighted by atomic mass is 35.6. The van der Waals surface area contributed by atoms with Gasteiger partial charge in [-0.1, -0.05) is 102 Å². The minimum Gasteiger partial charge on any atom is -0.493 e. The van der Waals surface area contributed by atoms with Crippen LogP contribution in [0.2, 0.25) is 0 Å². The first-order valence-electron chi connectivity index (χ1n) is 19.1. The minimum atomic E-state index is -1.96. The molecule has 2 unspecified atom stereocenters. The predicted molar refractivity (Wildman–Crippen MR) is 225 cm³/mol. The Morgan fingerprint density at radius 3 is 2.11 bits per heavy atom. The number of aliphatic hydroxyl groups excluding tert-OH is 1. The Hall–Kier alpha value is -3.96. The van der Waals surface area contributed by atoms with Gasteiger partial charge in [-0.05, 0) is 101 Å². The number of alkyl halides is 3. The van der Waals surface area contributed by atoms with E-state index in [4.69, 9.17) is 49.0 Å². The molecule has 2 bridgehead atoms. The molecule has 1 N–H and O–H groups in total. The first kappa shape index (κ1) is 44.1. The summed E-state index contributed by atoms with van der Waals surface area (Å²) in [4.78, 5) is 47.1. The van der Waals surface area contributed by atoms with Gasteiger partial charge in [0.25, 0.3) is 5.91 Å². The van der Waals surface area contributed by atoms with Crippen LogP contribution in [0.5, 0.6) is 5.75 Å². The van der Waals surface area contributed by atoms with Crippen molar-refractivity contribution in [1.29, 1.82) is 0 Å². The van der Waals surface area contributed by atoms with E-state index in [0.29, 0.717) is 18.6 Å². The van der Waals surface area contributed by atoms with Crippen LogP contribution in [-0.4, -0.2) is 98.3 Å². The lowest BCUT2D eigenvalue weighted by molar-refractivity contribution is -0.128. The molecule has 13 heteroatoms. The molecule has 308 valence electrons. The van der Waals surface area contributed by atoms with Gasteiger partial charge in [0, 0.05) is 32.1 Å². The zero-order chi connectivity index (χ0) is 42.0. The Morgan fingerprint density at radius 1 is 0.860 bits per heavy atom. The number of benzene rings is 3. The zero-order valence-electron chi connectivity index (χ0n) is 34.2. The van der Waals surface area contributed by atoms with Gasteiger partial charge in [-0.3, -0.25) is 9.69 Å². The van der Waals surface area contributed by atoms with Gasteiger partial charge < -0.3 is 29.1 Å². The van der Waals surface area contributed by atoms with Crippen LogP contribution in [0, 0.1) is 20.8 Å². The second kappa shape index (κ2) is 17.5. The predicted octanol–water partition coefficient (Wildman–Crippen LogP) is 9.16. The van der Waals surface area contributed by atoms with E-state index in [0.717, 1.165) is 33.6 Å². The number of hydrogen-bond acceptors (Lipinski definition) is 7. The molecule has 57 heavy (non-hydrogen) atoms. The van der Waals surface area contributed by atoms with Crippen molar-refractivity contribution in [3.05, 3.63) is 106 Å². The quantitative estimate of drug-likeness (QED) is 0.203. The van der Waals surface area contributed by atoms with Gasteiger partial charge in [0.1, 0.15) is 11.4 Å². The monoisotopic (exact) mass is 841 g/mol. The van der Waals surface area contributed by atoms with Crippen LogP contribution in [0.1, 0.15) is 80.5 Å². The fraction of sp³-hybridized carbons (Fsp3) is 0.477. The summed E-state index contributed by atoms with van der Waals surface area (Å²) in [5.41, 5.74) is 4.54. The number of aryl methyl sites for hydroxylation is 2. The van der Waals surface area contributed by atoms with Crippen LogP contribution in [0.25, 0.3) is 5.57 Å². The van der Waals surface area contributed by atoms with Crippen molar-refractivity contribution < 1.29 is 33.7 Å². The molecule has 3 aromatic carbocycles. The number of nitrogens with zero attached hydrogens (tertiary/aromatic N) is 3. The number of fused-ring (bicyclic) bond motifs is 2. The van der Waals surface area contributed by atoms with E-state index in [9.17, 15) is 19.5 Å². The molecule has 5 rings (SSSR count). The van der Waals surface area contributed by atoms with Crippen molar-refractivity contribution in [2.45, 2.75) is 101 Å². The third-order valence-corrected chi connectivity index (χ3v) is 11.9. The molecule has 0 saturated carbocycles. The van der Waals surface area contributed by atoms with Crippen molar-refractivity contribution >= 4 is 58.5 Å². The molecular weight excluding hydrogens is 789 g/mol. The second-order valence-electron chi connectivity index (χ2n) is 16.5. The van der Waals surface area contributed by atoms with Crippen molar-refractivity contribution in [1.82, 2.24) is 14.7 Å². The number of ether oxygens (including phenoxy) is 3. The molecule has 2 heterocycles. The minimum absolute atomic E-state index is 0.0326. The Bertz CT molecular complexity index is 1970. The maximum atomic E-state index is 14.9. The topological polar surface area (TPSA) is 109 Å². The smallest absolute Gasteiger partial charge is 0.411 e. The van der Waals surface area contributed by atoms with E-state index in [2.05, 4.69) is 26.0 Å². The van der Waals surface area contributed by atoms with Crippen LogP contribution in [0.4, 0.5) is 9.59 Å². The van der Waals surface area contributed by atoms with Crippen LogP contribution in [0.15, 0.2) is 72.3 Å². The number of hydrogen-bond donors (Lipinski definition) is 1. The van der Waals surface area contributed by atoms with Crippen LogP contribution in [-0.2, 0) is 20.7 Å². The lowest BCUT2D eigenvalue weighted by Gasteiger charge is -2.51. The maximum absolute atomic E-state index is 14.9. The van der Waals surface area contributed by atoms with Crippen LogP contribution >= 0.6 is 34.8 Å². The van der Waals surface area contributed by atoms with E-state index in [1.165, 1.54) is 34.1 Å². The average Bonchev–Trinajstić information content (AvgIpc) is 3.13. The fourth-order valence-electron chi connectivity index (χ4n) is 7.15. The molecule has 0 radical (unpaired) electrons. The molecule has 0 aliphatic carbocycles. The van der Waals surface area contributed by atoms with Gasteiger partial charge in [-0.15, -0.1) is 0 Å². The molecule has 3 amide bonds. The SMILES string of the molecule is Cc1ccc(C)c(OCCc2ccc(C3=C(C(=O)N(C)C[C@@H](O)c4ccccc4)C4CN(C(=O)OC(C)(C)C)CC(C3)N4C(=O)OC(C)(C)C(Cl)(Cl)Cl)cc2)c1C. The van der Waals surface area contributed by atoms with Crippen molar-refractivity contribution in [3.63, 3.8) is 0 Å². The van der Waals surface area contributed by atoms with Crippen LogP contribution in [0.3, 0.4) is 0 Å². The van der Waals surface area contributed by atoms with Gasteiger partial charge in [-0.2, -0.15) is 0 Å². The van der Waals surface area contributed by atoms with E-state index in [1.807, 2.05) is 49.4 Å². The third kappa shape index (κ3) is 10.4. The van der Waals surface area contributed by atoms with Crippen molar-refractivity contribution in [3.8, 4) is 5.75 Å². The summed E-state index contributed by atoms with van der Waals surface area (Å²) in [5.74, 6) is 0.477. The summed E-state index contributed by atoms with van der Waals surface area (Å²) in [6.07, 6.45) is -1.49. The summed E-state index contributed by atoms with van der Waals surface area (Å²) in [7, 11) is 1.61. The third-order valence-electron chi connectivity index (χ3n) is 10.6. The van der Waals surface area contributed by atoms with E-state index in [1.54, 1.807) is 40.0 Å². The summed E-state index contributed by atoms with van der Waals surface area (Å²) >= 11 is 18.7. The zero-order valence-corrected chi connectivity index (χ0v) is 36.5. The van der Waals surface area contributed by atoms with Gasteiger partial charge in [0.15, 0.2) is 5.60 Å². The Kier molecular flexibility index (Phi) is 13.5. The summed E-state index contributed by atoms with van der Waals surface area (Å²) in [5, 5.41) is 11.2. The number of aliphatic hydroxyl groups is 1. The molecule has 2 aliphatic rings. The molecule has 1 fully saturated rings. The van der Waals surface area contributed by atoms with E-state index in [-0.39, 0.29) is 31.6 Å². The van der Waals surface area contributed by atoms with E-state index >= 15 is 0 Å². The number of halogens is 3. The molecule has 10 nitrogen and oxygen atoms in total. The number of carbonyl (C=O) groups excluding carboxylic acids is 3. The van der Waals surface area contributed by atoms with Crippen molar-refractivity contribution in [2.75, 3.05) is 33.3 Å². The number of likely N-dealkylation sites (N-methyl/N-ethyl adjacent to an activating group) is 1. The molecule has 3 atom stereocenters. The first-order valence-corrected chi connectivity index (χ1v) is 20.3. The summed E-state index contributed by atoms with van der Waals surface area (Å²) in [6.45, 7) is 15.0. The summed E-state index contributed by atoms with van der Waals surface area (Å²) in [6, 6.07) is 19.6. The lowest BCUT2D eigenvalue weighted by atomic mass is 9.81. The molecule has 3 aromatic rings. The summed E-state index contributed by atoms with van der Waals surface area (Å²) < 4.78 is 15.9. The Labute approximate surface area is 351 Å². The molecule has 0 aromatic heterocycles. The van der Waals surface area contributed by atoms with Gasteiger partial charge in [0.05, 0.1) is 31.3 Å². The number of piperazine rings is 1. The average molecular weight is 843 g/mol. The van der Waals surface area contributed by atoms with Gasteiger partial charge in [0.2, 0.25) is 3.79 Å². The van der Waals surface area contributed by atoms with Gasteiger partial charge >= 0.3 is 12.2 Å². The normalized spacial score (nSPS) is 17.9. The first-order chi connectivity index (χ1) is 26.6. The number of amides is 3. The van der Waals surface area contributed by atoms with Crippen LogP contribution < -0.4 is 4.74 Å². The molecule has 1 saturated heterocycles. The Balaban J connectivity index is 1.53.